The van der Waals surface area contributed by atoms with Gasteiger partial charge in [0.1, 0.15) is 5.69 Å². The largest absolute Gasteiger partial charge is 0.409 e. The maximum absolute atomic E-state index is 8.96. The van der Waals surface area contributed by atoms with Gasteiger partial charge in [-0.25, -0.2) is 9.97 Å². The Balaban J connectivity index is 2.95. The second-order valence-corrected chi connectivity index (χ2v) is 3.44. The van der Waals surface area contributed by atoms with Crippen molar-refractivity contribution in [3.05, 3.63) is 18.0 Å². The van der Waals surface area contributed by atoms with E-state index in [1.165, 1.54) is 6.20 Å². The lowest BCUT2D eigenvalue weighted by Gasteiger charge is -2.20. The Kier molecular flexibility index (Phi) is 5.15. The van der Waals surface area contributed by atoms with Crippen molar-refractivity contribution in [2.24, 2.45) is 10.9 Å². The van der Waals surface area contributed by atoms with E-state index in [2.05, 4.69) is 15.1 Å². The van der Waals surface area contributed by atoms with Gasteiger partial charge in [-0.3, -0.25) is 0 Å². The minimum absolute atomic E-state index is 0.0250. The molecule has 0 aliphatic rings. The summed E-state index contributed by atoms with van der Waals surface area (Å²) >= 11 is 0. The van der Waals surface area contributed by atoms with Crippen molar-refractivity contribution >= 4 is 11.8 Å². The molecule has 0 fully saturated rings. The number of oxime groups is 1. The standard InChI is InChI=1S/C10H17N5O2/c1-2-5-15(6-7-16)10-12-4-3-8(13-10)9(11)14-17/h3-4,16-17H,2,5-7H2,1H3,(H2,11,14). The minimum atomic E-state index is -0.0610. The number of aliphatic hydroxyl groups excluding tert-OH is 1. The second-order valence-electron chi connectivity index (χ2n) is 3.44. The van der Waals surface area contributed by atoms with E-state index in [1.807, 2.05) is 11.8 Å². The smallest absolute Gasteiger partial charge is 0.226 e. The molecule has 0 aliphatic carbocycles. The molecule has 0 saturated carbocycles. The van der Waals surface area contributed by atoms with Gasteiger partial charge in [-0.05, 0) is 12.5 Å². The Bertz CT molecular complexity index is 377. The van der Waals surface area contributed by atoms with Gasteiger partial charge in [-0.1, -0.05) is 12.1 Å². The number of hydrogen-bond donors (Lipinski definition) is 3. The number of nitrogens with two attached hydrogens (primary N) is 1. The van der Waals surface area contributed by atoms with Gasteiger partial charge >= 0.3 is 0 Å². The Hall–Kier alpha value is -1.89. The molecule has 1 aromatic heterocycles. The molecule has 0 bridgehead atoms. The third kappa shape index (κ3) is 3.56. The van der Waals surface area contributed by atoms with Gasteiger partial charge in [-0.2, -0.15) is 0 Å². The average molecular weight is 239 g/mol. The van der Waals surface area contributed by atoms with Crippen LogP contribution in [0.15, 0.2) is 17.4 Å². The van der Waals surface area contributed by atoms with E-state index in [-0.39, 0.29) is 12.4 Å². The van der Waals surface area contributed by atoms with Crippen LogP contribution in [0.25, 0.3) is 0 Å². The van der Waals surface area contributed by atoms with Crippen LogP contribution in [-0.2, 0) is 0 Å². The van der Waals surface area contributed by atoms with Crippen molar-refractivity contribution in [3.63, 3.8) is 0 Å². The Morgan fingerprint density at radius 1 is 1.53 bits per heavy atom. The highest BCUT2D eigenvalue weighted by Crippen LogP contribution is 2.07. The molecule has 0 amide bonds. The van der Waals surface area contributed by atoms with Crippen LogP contribution in [0.5, 0.6) is 0 Å². The second kappa shape index (κ2) is 6.64. The lowest BCUT2D eigenvalue weighted by Crippen LogP contribution is -2.30. The predicted octanol–water partition coefficient (Wildman–Crippen LogP) is -0.220. The van der Waals surface area contributed by atoms with Gasteiger partial charge < -0.3 is 20.9 Å². The lowest BCUT2D eigenvalue weighted by molar-refractivity contribution is 0.301. The first kappa shape index (κ1) is 13.2. The van der Waals surface area contributed by atoms with Gasteiger partial charge in [0.25, 0.3) is 0 Å². The molecule has 4 N–H and O–H groups in total. The molecule has 1 heterocycles. The quantitative estimate of drug-likeness (QED) is 0.274. The predicted molar refractivity (Wildman–Crippen MR) is 64.1 cm³/mol. The van der Waals surface area contributed by atoms with Crippen molar-refractivity contribution in [3.8, 4) is 0 Å². The lowest BCUT2D eigenvalue weighted by atomic mass is 10.3. The number of aliphatic hydroxyl groups is 1. The summed E-state index contributed by atoms with van der Waals surface area (Å²) in [6.07, 6.45) is 2.45. The monoisotopic (exact) mass is 239 g/mol. The molecule has 0 spiro atoms. The fourth-order valence-electron chi connectivity index (χ4n) is 1.40. The Morgan fingerprint density at radius 2 is 2.29 bits per heavy atom. The maximum Gasteiger partial charge on any atom is 0.226 e. The molecular formula is C10H17N5O2. The van der Waals surface area contributed by atoms with Crippen LogP contribution in [0, 0.1) is 0 Å². The summed E-state index contributed by atoms with van der Waals surface area (Å²) in [4.78, 5) is 10.1. The van der Waals surface area contributed by atoms with Crippen LogP contribution in [0.3, 0.4) is 0 Å². The van der Waals surface area contributed by atoms with E-state index < -0.39 is 0 Å². The molecule has 0 saturated heterocycles. The average Bonchev–Trinajstić information content (AvgIpc) is 2.37. The summed E-state index contributed by atoms with van der Waals surface area (Å²) in [6, 6.07) is 1.56. The van der Waals surface area contributed by atoms with Crippen molar-refractivity contribution in [2.45, 2.75) is 13.3 Å². The normalized spacial score (nSPS) is 11.5. The number of aromatic nitrogens is 2. The maximum atomic E-state index is 8.96. The van der Waals surface area contributed by atoms with E-state index in [0.717, 1.165) is 13.0 Å². The van der Waals surface area contributed by atoms with Crippen molar-refractivity contribution in [1.82, 2.24) is 9.97 Å². The molecule has 0 atom stereocenters. The highest BCUT2D eigenvalue weighted by atomic mass is 16.4. The van der Waals surface area contributed by atoms with Crippen LogP contribution in [-0.4, -0.2) is 45.8 Å². The number of rotatable bonds is 6. The van der Waals surface area contributed by atoms with E-state index in [1.54, 1.807) is 6.07 Å². The Morgan fingerprint density at radius 3 is 2.88 bits per heavy atom. The zero-order valence-electron chi connectivity index (χ0n) is 9.74. The fourth-order valence-corrected chi connectivity index (χ4v) is 1.40. The molecule has 0 aromatic carbocycles. The molecule has 0 unspecified atom stereocenters. The summed E-state index contributed by atoms with van der Waals surface area (Å²) in [5.41, 5.74) is 5.81. The molecule has 7 heteroatoms. The topological polar surface area (TPSA) is 108 Å². The number of anilines is 1. The van der Waals surface area contributed by atoms with Gasteiger partial charge in [0.05, 0.1) is 6.61 Å². The van der Waals surface area contributed by atoms with E-state index in [9.17, 15) is 0 Å². The first-order valence-corrected chi connectivity index (χ1v) is 5.39. The Labute approximate surface area is 99.6 Å². The number of amidine groups is 1. The summed E-state index contributed by atoms with van der Waals surface area (Å²) in [6.45, 7) is 3.24. The zero-order valence-corrected chi connectivity index (χ0v) is 9.74. The van der Waals surface area contributed by atoms with Gasteiger partial charge in [0.15, 0.2) is 5.84 Å². The van der Waals surface area contributed by atoms with E-state index >= 15 is 0 Å². The molecular weight excluding hydrogens is 222 g/mol. The molecule has 94 valence electrons. The van der Waals surface area contributed by atoms with Crippen LogP contribution >= 0.6 is 0 Å². The van der Waals surface area contributed by atoms with Crippen LogP contribution in [0.1, 0.15) is 19.0 Å². The third-order valence-corrected chi connectivity index (χ3v) is 2.16. The molecule has 17 heavy (non-hydrogen) atoms. The summed E-state index contributed by atoms with van der Waals surface area (Å²) in [5.74, 6) is 0.402. The highest BCUT2D eigenvalue weighted by Gasteiger charge is 2.10. The zero-order chi connectivity index (χ0) is 12.7. The van der Waals surface area contributed by atoms with Crippen molar-refractivity contribution in [2.75, 3.05) is 24.6 Å². The molecule has 0 aliphatic heterocycles. The molecule has 1 rings (SSSR count). The van der Waals surface area contributed by atoms with E-state index in [0.29, 0.717) is 18.2 Å². The van der Waals surface area contributed by atoms with Gasteiger partial charge in [-0.15, -0.1) is 0 Å². The SMILES string of the molecule is CCCN(CCO)c1nccc(/C(N)=N/O)n1. The van der Waals surface area contributed by atoms with Crippen molar-refractivity contribution < 1.29 is 10.3 Å². The van der Waals surface area contributed by atoms with Crippen LogP contribution in [0.2, 0.25) is 0 Å². The van der Waals surface area contributed by atoms with Crippen LogP contribution < -0.4 is 10.6 Å². The van der Waals surface area contributed by atoms with Gasteiger partial charge in [0, 0.05) is 19.3 Å². The number of hydrogen-bond acceptors (Lipinski definition) is 6. The minimum Gasteiger partial charge on any atom is -0.409 e. The summed E-state index contributed by atoms with van der Waals surface area (Å²) in [5, 5.41) is 20.4. The summed E-state index contributed by atoms with van der Waals surface area (Å²) in [7, 11) is 0. The summed E-state index contributed by atoms with van der Waals surface area (Å²) < 4.78 is 0. The molecule has 0 radical (unpaired) electrons. The first-order chi connectivity index (χ1) is 8.22. The number of nitrogens with zero attached hydrogens (tertiary/aromatic N) is 4. The molecule has 7 nitrogen and oxygen atoms in total. The fraction of sp³-hybridized carbons (Fsp3) is 0.500. The van der Waals surface area contributed by atoms with E-state index in [4.69, 9.17) is 16.0 Å². The third-order valence-electron chi connectivity index (χ3n) is 2.16. The first-order valence-electron chi connectivity index (χ1n) is 5.39. The van der Waals surface area contributed by atoms with Crippen LogP contribution in [0.4, 0.5) is 5.95 Å². The van der Waals surface area contributed by atoms with Crippen molar-refractivity contribution in [1.29, 1.82) is 0 Å². The van der Waals surface area contributed by atoms with Gasteiger partial charge in [0.2, 0.25) is 5.95 Å². The highest BCUT2D eigenvalue weighted by molar-refractivity contribution is 5.95. The molecule has 1 aromatic rings.